The fourth-order valence-electron chi connectivity index (χ4n) is 3.26. The lowest BCUT2D eigenvalue weighted by Crippen LogP contribution is -2.53. The van der Waals surface area contributed by atoms with Crippen LogP contribution < -0.4 is 0 Å². The average Bonchev–Trinajstić information content (AvgIpc) is 3.13. The normalized spacial score (nSPS) is 21.9. The predicted octanol–water partition coefficient (Wildman–Crippen LogP) is 2.98. The van der Waals surface area contributed by atoms with Crippen molar-refractivity contribution in [2.45, 2.75) is 38.3 Å². The summed E-state index contributed by atoms with van der Waals surface area (Å²) in [4.78, 5) is 29.0. The van der Waals surface area contributed by atoms with Gasteiger partial charge in [-0.2, -0.15) is 0 Å². The van der Waals surface area contributed by atoms with E-state index in [1.165, 1.54) is 0 Å². The summed E-state index contributed by atoms with van der Waals surface area (Å²) in [6.45, 7) is 5.85. The number of rotatable bonds is 3. The number of hydrogen-bond acceptors (Lipinski definition) is 4. The fraction of sp³-hybridized carbons (Fsp3) is 0.529. The molecule has 5 nitrogen and oxygen atoms in total. The third-order valence-electron chi connectivity index (χ3n) is 4.47. The predicted molar refractivity (Wildman–Crippen MR) is 90.2 cm³/mol. The zero-order valence-electron chi connectivity index (χ0n) is 13.5. The van der Waals surface area contributed by atoms with Crippen LogP contribution in [0.5, 0.6) is 0 Å². The molecule has 3 heterocycles. The van der Waals surface area contributed by atoms with E-state index < -0.39 is 0 Å². The molecule has 124 valence electrons. The summed E-state index contributed by atoms with van der Waals surface area (Å²) in [7, 11) is 0. The van der Waals surface area contributed by atoms with E-state index in [2.05, 4.69) is 0 Å². The van der Waals surface area contributed by atoms with Crippen molar-refractivity contribution < 1.29 is 14.3 Å². The molecular weight excluding hydrogens is 312 g/mol. The second-order valence-corrected chi connectivity index (χ2v) is 7.62. The van der Waals surface area contributed by atoms with E-state index in [0.717, 1.165) is 17.7 Å². The van der Waals surface area contributed by atoms with Crippen molar-refractivity contribution in [1.82, 2.24) is 9.80 Å². The highest BCUT2D eigenvalue weighted by Crippen LogP contribution is 2.30. The molecule has 0 bridgehead atoms. The highest BCUT2D eigenvalue weighted by atomic mass is 32.1. The summed E-state index contributed by atoms with van der Waals surface area (Å²) in [5.74, 6) is 0.0418. The minimum absolute atomic E-state index is 0.0418. The maximum atomic E-state index is 12.3. The second-order valence-electron chi connectivity index (χ2n) is 6.64. The van der Waals surface area contributed by atoms with E-state index in [9.17, 15) is 9.59 Å². The van der Waals surface area contributed by atoms with Crippen molar-refractivity contribution in [3.05, 3.63) is 28.5 Å². The highest BCUT2D eigenvalue weighted by molar-refractivity contribution is 7.10. The third kappa shape index (κ3) is 3.42. The molecule has 1 aromatic heterocycles. The molecule has 2 aliphatic heterocycles. The first-order valence-corrected chi connectivity index (χ1v) is 8.82. The van der Waals surface area contributed by atoms with Crippen LogP contribution in [0.25, 0.3) is 6.08 Å². The van der Waals surface area contributed by atoms with Crippen molar-refractivity contribution in [2.24, 2.45) is 0 Å². The van der Waals surface area contributed by atoms with Crippen LogP contribution in [-0.4, -0.2) is 53.1 Å². The molecular formula is C17H22N2O3S. The molecule has 0 radical (unpaired) electrons. The molecule has 2 fully saturated rings. The quantitative estimate of drug-likeness (QED) is 0.799. The maximum Gasteiger partial charge on any atom is 0.410 e. The first kappa shape index (κ1) is 16.1. The lowest BCUT2D eigenvalue weighted by molar-refractivity contribution is -0.127. The summed E-state index contributed by atoms with van der Waals surface area (Å²) < 4.78 is 5.18. The van der Waals surface area contributed by atoms with Crippen LogP contribution in [0.4, 0.5) is 4.79 Å². The third-order valence-corrected chi connectivity index (χ3v) is 5.31. The molecule has 0 saturated carbocycles. The van der Waals surface area contributed by atoms with Gasteiger partial charge in [0.25, 0.3) is 0 Å². The molecule has 0 spiro atoms. The van der Waals surface area contributed by atoms with Gasteiger partial charge in [-0.05, 0) is 44.2 Å². The van der Waals surface area contributed by atoms with Gasteiger partial charge < -0.3 is 9.64 Å². The highest BCUT2D eigenvalue weighted by Gasteiger charge is 2.44. The molecule has 3 rings (SSSR count). The Kier molecular flexibility index (Phi) is 4.43. The Balaban J connectivity index is 1.56. The molecule has 1 aromatic rings. The van der Waals surface area contributed by atoms with Crippen LogP contribution >= 0.6 is 11.3 Å². The first-order chi connectivity index (χ1) is 11.0. The van der Waals surface area contributed by atoms with Gasteiger partial charge in [0, 0.05) is 30.1 Å². The van der Waals surface area contributed by atoms with E-state index in [1.807, 2.05) is 47.2 Å². The number of thiophene rings is 1. The zero-order valence-corrected chi connectivity index (χ0v) is 14.3. The molecule has 0 N–H and O–H groups in total. The Labute approximate surface area is 140 Å². The van der Waals surface area contributed by atoms with Crippen molar-refractivity contribution in [3.63, 3.8) is 0 Å². The first-order valence-electron chi connectivity index (χ1n) is 7.94. The van der Waals surface area contributed by atoms with E-state index in [-0.39, 0.29) is 23.6 Å². The zero-order chi connectivity index (χ0) is 16.4. The topological polar surface area (TPSA) is 49.9 Å². The number of hydrogen-bond donors (Lipinski definition) is 0. The van der Waals surface area contributed by atoms with Gasteiger partial charge in [-0.25, -0.2) is 4.79 Å². The number of carbonyl (C=O) groups is 2. The molecule has 6 heteroatoms. The van der Waals surface area contributed by atoms with Gasteiger partial charge in [-0.15, -0.1) is 11.3 Å². The van der Waals surface area contributed by atoms with Crippen molar-refractivity contribution in [1.29, 1.82) is 0 Å². The largest absolute Gasteiger partial charge is 0.447 e. The van der Waals surface area contributed by atoms with Gasteiger partial charge in [0.15, 0.2) is 0 Å². The number of ether oxygens (including phenoxy) is 1. The summed E-state index contributed by atoms with van der Waals surface area (Å²) in [5, 5.41) is 1.99. The molecule has 2 saturated heterocycles. The van der Waals surface area contributed by atoms with E-state index >= 15 is 0 Å². The minimum atomic E-state index is -0.257. The van der Waals surface area contributed by atoms with Gasteiger partial charge in [0.05, 0.1) is 5.54 Å². The second kappa shape index (κ2) is 6.35. The summed E-state index contributed by atoms with van der Waals surface area (Å²) in [6, 6.07) is 4.11. The van der Waals surface area contributed by atoms with E-state index in [4.69, 9.17) is 4.74 Å². The molecule has 0 unspecified atom stereocenters. The number of amides is 2. The van der Waals surface area contributed by atoms with Gasteiger partial charge in [0.1, 0.15) is 6.61 Å². The summed E-state index contributed by atoms with van der Waals surface area (Å²) in [6.07, 6.45) is 4.88. The molecule has 0 atom stereocenters. The van der Waals surface area contributed by atoms with Gasteiger partial charge in [-0.3, -0.25) is 9.69 Å². The Bertz CT molecular complexity index is 601. The monoisotopic (exact) mass is 334 g/mol. The minimum Gasteiger partial charge on any atom is -0.447 e. The van der Waals surface area contributed by atoms with Crippen LogP contribution in [0.1, 0.15) is 31.6 Å². The van der Waals surface area contributed by atoms with Crippen LogP contribution in [0.3, 0.4) is 0 Å². The number of piperidine rings is 1. The van der Waals surface area contributed by atoms with Crippen LogP contribution in [0, 0.1) is 0 Å². The van der Waals surface area contributed by atoms with Crippen molar-refractivity contribution in [3.8, 4) is 0 Å². The fourth-order valence-corrected chi connectivity index (χ4v) is 3.88. The molecule has 2 amide bonds. The Morgan fingerprint density at radius 1 is 1.39 bits per heavy atom. The lowest BCUT2D eigenvalue weighted by atomic mass is 9.97. The Morgan fingerprint density at radius 2 is 2.13 bits per heavy atom. The summed E-state index contributed by atoms with van der Waals surface area (Å²) in [5.41, 5.74) is -0.257. The molecule has 0 aliphatic carbocycles. The van der Waals surface area contributed by atoms with Crippen LogP contribution in [0.2, 0.25) is 0 Å². The number of cyclic esters (lactones) is 1. The van der Waals surface area contributed by atoms with Gasteiger partial charge >= 0.3 is 6.09 Å². The maximum absolute atomic E-state index is 12.3. The molecule has 0 aromatic carbocycles. The Morgan fingerprint density at radius 3 is 2.70 bits per heavy atom. The smallest absolute Gasteiger partial charge is 0.410 e. The number of nitrogens with zero attached hydrogens (tertiary/aromatic N) is 2. The van der Waals surface area contributed by atoms with E-state index in [0.29, 0.717) is 19.7 Å². The standard InChI is InChI=1S/C17H22N2O3S/c1-17(2)12-22-16(21)19(17)13-7-9-18(10-8-13)15(20)6-5-14-4-3-11-23-14/h3-6,11,13H,7-10,12H2,1-2H3. The van der Waals surface area contributed by atoms with Gasteiger partial charge in [0.2, 0.25) is 5.91 Å². The van der Waals surface area contributed by atoms with Crippen molar-refractivity contribution >= 4 is 29.4 Å². The van der Waals surface area contributed by atoms with Crippen molar-refractivity contribution in [2.75, 3.05) is 19.7 Å². The van der Waals surface area contributed by atoms with Gasteiger partial charge in [-0.1, -0.05) is 6.07 Å². The lowest BCUT2D eigenvalue weighted by Gasteiger charge is -2.40. The Hall–Kier alpha value is -1.82. The van der Waals surface area contributed by atoms with Crippen LogP contribution in [0.15, 0.2) is 23.6 Å². The molecule has 2 aliphatic rings. The number of likely N-dealkylation sites (tertiary alicyclic amines) is 1. The van der Waals surface area contributed by atoms with Crippen LogP contribution in [-0.2, 0) is 9.53 Å². The van der Waals surface area contributed by atoms with E-state index in [1.54, 1.807) is 17.4 Å². The average molecular weight is 334 g/mol. The number of carbonyl (C=O) groups excluding carboxylic acids is 2. The summed E-state index contributed by atoms with van der Waals surface area (Å²) >= 11 is 1.61. The molecule has 23 heavy (non-hydrogen) atoms. The SMILES string of the molecule is CC1(C)COC(=O)N1C1CCN(C(=O)C=Cc2cccs2)CC1.